The maximum absolute atomic E-state index is 5.94. The van der Waals surface area contributed by atoms with Gasteiger partial charge in [-0.15, -0.1) is 0 Å². The number of nitrogens with zero attached hydrogens (tertiary/aromatic N) is 2. The number of hydrogen-bond acceptors (Lipinski definition) is 3. The van der Waals surface area contributed by atoms with E-state index in [0.717, 1.165) is 6.54 Å². The summed E-state index contributed by atoms with van der Waals surface area (Å²) in [5.74, 6) is 0. The zero-order valence-electron chi connectivity index (χ0n) is 9.50. The van der Waals surface area contributed by atoms with Crippen molar-refractivity contribution in [1.82, 2.24) is 9.80 Å². The van der Waals surface area contributed by atoms with Crippen LogP contribution in [0.1, 0.15) is 26.2 Å². The maximum atomic E-state index is 5.94. The molecule has 3 heteroatoms. The van der Waals surface area contributed by atoms with E-state index in [0.29, 0.717) is 11.6 Å². The summed E-state index contributed by atoms with van der Waals surface area (Å²) in [7, 11) is 2.21. The molecule has 0 aromatic heterocycles. The smallest absolute Gasteiger partial charge is 0.0335 e. The van der Waals surface area contributed by atoms with Gasteiger partial charge in [0.2, 0.25) is 0 Å². The normalized spacial score (nSPS) is 34.1. The van der Waals surface area contributed by atoms with E-state index in [1.54, 1.807) is 0 Å². The fourth-order valence-electron chi connectivity index (χ4n) is 3.04. The standard InChI is InChI=1S/C11H23N3/c1-10-8-13(2)6-7-14(10)11(9-12)4-3-5-11/h10H,3-9,12H2,1-2H3. The molecule has 1 heterocycles. The van der Waals surface area contributed by atoms with E-state index in [9.17, 15) is 0 Å². The Morgan fingerprint density at radius 3 is 2.50 bits per heavy atom. The average molecular weight is 197 g/mol. The molecule has 0 aromatic rings. The molecule has 2 N–H and O–H groups in total. The van der Waals surface area contributed by atoms with Crippen molar-refractivity contribution < 1.29 is 0 Å². The summed E-state index contributed by atoms with van der Waals surface area (Å²) in [4.78, 5) is 5.08. The van der Waals surface area contributed by atoms with Gasteiger partial charge in [0, 0.05) is 37.8 Å². The molecule has 2 fully saturated rings. The zero-order chi connectivity index (χ0) is 10.2. The van der Waals surface area contributed by atoms with Gasteiger partial charge in [-0.05, 0) is 33.2 Å². The summed E-state index contributed by atoms with van der Waals surface area (Å²) < 4.78 is 0. The van der Waals surface area contributed by atoms with Crippen LogP contribution in [0, 0.1) is 0 Å². The van der Waals surface area contributed by atoms with E-state index in [-0.39, 0.29) is 0 Å². The zero-order valence-corrected chi connectivity index (χ0v) is 9.50. The Hall–Kier alpha value is -0.120. The summed E-state index contributed by atoms with van der Waals surface area (Å²) in [5, 5.41) is 0. The van der Waals surface area contributed by atoms with E-state index < -0.39 is 0 Å². The fraction of sp³-hybridized carbons (Fsp3) is 1.00. The lowest BCUT2D eigenvalue weighted by Crippen LogP contribution is -2.66. The Morgan fingerprint density at radius 1 is 1.36 bits per heavy atom. The van der Waals surface area contributed by atoms with Gasteiger partial charge in [0.15, 0.2) is 0 Å². The molecule has 0 amide bonds. The van der Waals surface area contributed by atoms with Crippen molar-refractivity contribution in [2.75, 3.05) is 33.2 Å². The van der Waals surface area contributed by atoms with Gasteiger partial charge in [-0.2, -0.15) is 0 Å². The monoisotopic (exact) mass is 197 g/mol. The molecular formula is C11H23N3. The molecule has 3 nitrogen and oxygen atoms in total. The lowest BCUT2D eigenvalue weighted by atomic mass is 9.74. The predicted octanol–water partition coefficient (Wildman–Crippen LogP) is 0.504. The van der Waals surface area contributed by atoms with Crippen LogP contribution in [0.5, 0.6) is 0 Å². The minimum atomic E-state index is 0.376. The number of likely N-dealkylation sites (N-methyl/N-ethyl adjacent to an activating group) is 1. The molecule has 1 unspecified atom stereocenters. The molecule has 2 aliphatic rings. The molecule has 1 saturated carbocycles. The number of hydrogen-bond donors (Lipinski definition) is 1. The Labute approximate surface area is 87.2 Å². The van der Waals surface area contributed by atoms with Crippen LogP contribution in [0.3, 0.4) is 0 Å². The van der Waals surface area contributed by atoms with Gasteiger partial charge in [0.25, 0.3) is 0 Å². The highest BCUT2D eigenvalue weighted by Crippen LogP contribution is 2.38. The largest absolute Gasteiger partial charge is 0.329 e. The van der Waals surface area contributed by atoms with Crippen LogP contribution < -0.4 is 5.73 Å². The third-order valence-corrected chi connectivity index (χ3v) is 4.10. The van der Waals surface area contributed by atoms with Crippen molar-refractivity contribution in [1.29, 1.82) is 0 Å². The first kappa shape index (κ1) is 10.4. The second-order valence-corrected chi connectivity index (χ2v) is 5.09. The highest BCUT2D eigenvalue weighted by atomic mass is 15.3. The molecule has 82 valence electrons. The lowest BCUT2D eigenvalue weighted by molar-refractivity contribution is -0.0405. The van der Waals surface area contributed by atoms with E-state index >= 15 is 0 Å². The Bertz CT molecular complexity index is 195. The molecule has 2 rings (SSSR count). The van der Waals surface area contributed by atoms with Crippen molar-refractivity contribution >= 4 is 0 Å². The average Bonchev–Trinajstić information content (AvgIpc) is 2.07. The fourth-order valence-corrected chi connectivity index (χ4v) is 3.04. The molecule has 0 spiro atoms. The summed E-state index contributed by atoms with van der Waals surface area (Å²) in [6.45, 7) is 6.79. The Kier molecular flexibility index (Phi) is 2.82. The minimum Gasteiger partial charge on any atom is -0.329 e. The topological polar surface area (TPSA) is 32.5 Å². The van der Waals surface area contributed by atoms with Gasteiger partial charge in [0.05, 0.1) is 0 Å². The predicted molar refractivity (Wildman–Crippen MR) is 59.3 cm³/mol. The van der Waals surface area contributed by atoms with Crippen LogP contribution in [0.2, 0.25) is 0 Å². The Balaban J connectivity index is 2.02. The van der Waals surface area contributed by atoms with Crippen molar-refractivity contribution in [3.05, 3.63) is 0 Å². The molecule has 1 saturated heterocycles. The van der Waals surface area contributed by atoms with Crippen molar-refractivity contribution in [3.8, 4) is 0 Å². The minimum absolute atomic E-state index is 0.376. The molecule has 1 aliphatic carbocycles. The van der Waals surface area contributed by atoms with Gasteiger partial charge in [0.1, 0.15) is 0 Å². The van der Waals surface area contributed by atoms with Gasteiger partial charge >= 0.3 is 0 Å². The Morgan fingerprint density at radius 2 is 2.07 bits per heavy atom. The van der Waals surface area contributed by atoms with Gasteiger partial charge in [-0.3, -0.25) is 4.90 Å². The van der Waals surface area contributed by atoms with Crippen LogP contribution in [0.4, 0.5) is 0 Å². The molecule has 14 heavy (non-hydrogen) atoms. The van der Waals surface area contributed by atoms with E-state index in [2.05, 4.69) is 23.8 Å². The maximum Gasteiger partial charge on any atom is 0.0335 e. The van der Waals surface area contributed by atoms with Crippen LogP contribution in [0.25, 0.3) is 0 Å². The van der Waals surface area contributed by atoms with Crippen molar-refractivity contribution in [2.24, 2.45) is 5.73 Å². The number of nitrogens with two attached hydrogens (primary N) is 1. The highest BCUT2D eigenvalue weighted by Gasteiger charge is 2.44. The second kappa shape index (κ2) is 3.80. The summed E-state index contributed by atoms with van der Waals surface area (Å²) in [6, 6.07) is 0.678. The van der Waals surface area contributed by atoms with Crippen LogP contribution in [0.15, 0.2) is 0 Å². The molecule has 0 aromatic carbocycles. The molecule has 1 atom stereocenters. The summed E-state index contributed by atoms with van der Waals surface area (Å²) in [5.41, 5.74) is 6.32. The SMILES string of the molecule is CC1CN(C)CCN1C1(CN)CCC1. The summed E-state index contributed by atoms with van der Waals surface area (Å²) in [6.07, 6.45) is 4.01. The first-order valence-electron chi connectivity index (χ1n) is 5.83. The molecule has 0 radical (unpaired) electrons. The van der Waals surface area contributed by atoms with Crippen LogP contribution in [-0.2, 0) is 0 Å². The summed E-state index contributed by atoms with van der Waals surface area (Å²) >= 11 is 0. The second-order valence-electron chi connectivity index (χ2n) is 5.09. The number of piperazine rings is 1. The van der Waals surface area contributed by atoms with Gasteiger partial charge in [-0.1, -0.05) is 0 Å². The van der Waals surface area contributed by atoms with Crippen molar-refractivity contribution in [2.45, 2.75) is 37.8 Å². The van der Waals surface area contributed by atoms with Crippen LogP contribution in [-0.4, -0.2) is 54.6 Å². The quantitative estimate of drug-likeness (QED) is 0.700. The molecule has 0 bridgehead atoms. The third kappa shape index (κ3) is 1.58. The molecular weight excluding hydrogens is 174 g/mol. The van der Waals surface area contributed by atoms with Crippen LogP contribution >= 0.6 is 0 Å². The van der Waals surface area contributed by atoms with E-state index in [1.807, 2.05) is 0 Å². The van der Waals surface area contributed by atoms with Gasteiger partial charge in [-0.25, -0.2) is 0 Å². The third-order valence-electron chi connectivity index (χ3n) is 4.10. The van der Waals surface area contributed by atoms with E-state index in [4.69, 9.17) is 5.73 Å². The lowest BCUT2D eigenvalue weighted by Gasteiger charge is -2.55. The first-order valence-corrected chi connectivity index (χ1v) is 5.83. The van der Waals surface area contributed by atoms with Gasteiger partial charge < -0.3 is 10.6 Å². The van der Waals surface area contributed by atoms with E-state index in [1.165, 1.54) is 38.9 Å². The van der Waals surface area contributed by atoms with Crippen molar-refractivity contribution in [3.63, 3.8) is 0 Å². The first-order chi connectivity index (χ1) is 6.68. The molecule has 1 aliphatic heterocycles. The highest BCUT2D eigenvalue weighted by molar-refractivity contribution is 5.02. The number of rotatable bonds is 2.